The van der Waals surface area contributed by atoms with Crippen LogP contribution in [-0.2, 0) is 4.79 Å². The Morgan fingerprint density at radius 3 is 2.71 bits per heavy atom. The second-order valence-corrected chi connectivity index (χ2v) is 8.73. The Hall–Kier alpha value is -2.33. The SMILES string of the molecule is CCC1SC([C@@]2(C)N=C(N)N(C)C(=O)[C@H]2CC)=CC1c1ccc(F)c(C#N)c1. The van der Waals surface area contributed by atoms with Gasteiger partial charge in [0.2, 0.25) is 5.91 Å². The van der Waals surface area contributed by atoms with Gasteiger partial charge in [-0.2, -0.15) is 5.26 Å². The molecule has 2 aliphatic rings. The van der Waals surface area contributed by atoms with Crippen LogP contribution in [0.2, 0.25) is 0 Å². The van der Waals surface area contributed by atoms with Gasteiger partial charge in [0.25, 0.3) is 0 Å². The number of guanidine groups is 1. The van der Waals surface area contributed by atoms with Crippen molar-refractivity contribution in [2.75, 3.05) is 7.05 Å². The predicted molar refractivity (Wildman–Crippen MR) is 110 cm³/mol. The van der Waals surface area contributed by atoms with Crippen molar-refractivity contribution in [3.8, 4) is 6.07 Å². The van der Waals surface area contributed by atoms with Crippen LogP contribution in [0.4, 0.5) is 4.39 Å². The molecule has 2 heterocycles. The first-order chi connectivity index (χ1) is 13.3. The number of amides is 1. The Morgan fingerprint density at radius 1 is 1.39 bits per heavy atom. The van der Waals surface area contributed by atoms with Crippen LogP contribution in [0, 0.1) is 23.1 Å². The van der Waals surface area contributed by atoms with Crippen molar-refractivity contribution in [1.29, 1.82) is 5.26 Å². The Bertz CT molecular complexity index is 906. The minimum absolute atomic E-state index is 0.0240. The molecule has 1 amide bonds. The molecule has 2 unspecified atom stereocenters. The predicted octanol–water partition coefficient (Wildman–Crippen LogP) is 3.76. The van der Waals surface area contributed by atoms with Gasteiger partial charge in [-0.15, -0.1) is 11.8 Å². The summed E-state index contributed by atoms with van der Waals surface area (Å²) < 4.78 is 13.8. The van der Waals surface area contributed by atoms with E-state index in [4.69, 9.17) is 10.7 Å². The molecule has 0 saturated carbocycles. The molecule has 0 aromatic heterocycles. The average Bonchev–Trinajstić information content (AvgIpc) is 3.12. The highest BCUT2D eigenvalue weighted by Crippen LogP contribution is 2.52. The van der Waals surface area contributed by atoms with Gasteiger partial charge < -0.3 is 5.73 Å². The third kappa shape index (κ3) is 3.20. The van der Waals surface area contributed by atoms with E-state index in [0.717, 1.165) is 16.9 Å². The fourth-order valence-corrected chi connectivity index (χ4v) is 5.62. The fraction of sp³-hybridized carbons (Fsp3) is 0.476. The van der Waals surface area contributed by atoms with Crippen molar-refractivity contribution in [3.05, 3.63) is 46.1 Å². The molecule has 0 spiro atoms. The third-order valence-electron chi connectivity index (χ3n) is 5.81. The largest absolute Gasteiger partial charge is 0.369 e. The number of thioether (sulfide) groups is 1. The summed E-state index contributed by atoms with van der Waals surface area (Å²) in [4.78, 5) is 20.0. The number of benzene rings is 1. The number of carbonyl (C=O) groups excluding carboxylic acids is 1. The minimum atomic E-state index is -0.715. The molecule has 2 N–H and O–H groups in total. The van der Waals surface area contributed by atoms with Gasteiger partial charge in [-0.25, -0.2) is 9.38 Å². The molecule has 2 aliphatic heterocycles. The van der Waals surface area contributed by atoms with Crippen LogP contribution < -0.4 is 5.73 Å². The van der Waals surface area contributed by atoms with Crippen molar-refractivity contribution in [1.82, 2.24) is 4.90 Å². The van der Waals surface area contributed by atoms with Gasteiger partial charge >= 0.3 is 0 Å². The highest BCUT2D eigenvalue weighted by molar-refractivity contribution is 8.04. The topological polar surface area (TPSA) is 82.5 Å². The average molecular weight is 401 g/mol. The number of nitrogens with two attached hydrogens (primary N) is 1. The number of halogens is 1. The maximum atomic E-state index is 13.8. The maximum Gasteiger partial charge on any atom is 0.234 e. The monoisotopic (exact) mass is 400 g/mol. The molecule has 0 fully saturated rings. The molecule has 4 atom stereocenters. The smallest absolute Gasteiger partial charge is 0.234 e. The number of hydrogen-bond acceptors (Lipinski definition) is 5. The van der Waals surface area contributed by atoms with Crippen molar-refractivity contribution >= 4 is 23.6 Å². The molecule has 28 heavy (non-hydrogen) atoms. The van der Waals surface area contributed by atoms with Gasteiger partial charge in [-0.3, -0.25) is 9.69 Å². The molecule has 3 rings (SSSR count). The lowest BCUT2D eigenvalue weighted by molar-refractivity contribution is -0.133. The molecular formula is C21H25FN4OS. The second kappa shape index (κ2) is 7.59. The summed E-state index contributed by atoms with van der Waals surface area (Å²) in [6, 6.07) is 6.63. The Labute approximate surface area is 169 Å². The summed E-state index contributed by atoms with van der Waals surface area (Å²) >= 11 is 1.71. The van der Waals surface area contributed by atoms with E-state index in [1.807, 2.05) is 19.9 Å². The van der Waals surface area contributed by atoms with Gasteiger partial charge in [0.1, 0.15) is 17.4 Å². The van der Waals surface area contributed by atoms with E-state index >= 15 is 0 Å². The Kier molecular flexibility index (Phi) is 5.53. The van der Waals surface area contributed by atoms with Crippen molar-refractivity contribution in [2.24, 2.45) is 16.6 Å². The molecule has 148 valence electrons. The highest BCUT2D eigenvalue weighted by atomic mass is 32.2. The van der Waals surface area contributed by atoms with Crippen LogP contribution in [-0.4, -0.2) is 34.6 Å². The molecule has 1 aromatic rings. The minimum Gasteiger partial charge on any atom is -0.369 e. The summed E-state index contributed by atoms with van der Waals surface area (Å²) in [7, 11) is 1.65. The molecule has 0 bridgehead atoms. The van der Waals surface area contributed by atoms with Crippen LogP contribution in [0.5, 0.6) is 0 Å². The van der Waals surface area contributed by atoms with Gasteiger partial charge in [-0.05, 0) is 37.5 Å². The van der Waals surface area contributed by atoms with Crippen LogP contribution >= 0.6 is 11.8 Å². The van der Waals surface area contributed by atoms with E-state index in [9.17, 15) is 14.4 Å². The van der Waals surface area contributed by atoms with Crippen molar-refractivity contribution in [3.63, 3.8) is 0 Å². The standard InChI is InChI=1S/C21H25FN4OS/c1-5-15-19(27)26(4)20(24)25-21(15,3)18-10-14(17(6-2)28-18)12-7-8-16(22)13(9-12)11-23/h7-10,14-15,17H,5-6H2,1-4H3,(H2,24,25)/t14?,15-,17?,21+/m1/s1. The van der Waals surface area contributed by atoms with E-state index in [1.54, 1.807) is 30.9 Å². The Morgan fingerprint density at radius 2 is 2.11 bits per heavy atom. The lowest BCUT2D eigenvalue weighted by atomic mass is 9.80. The normalized spacial score (nSPS) is 30.1. The number of nitriles is 1. The van der Waals surface area contributed by atoms with Gasteiger partial charge in [0.05, 0.1) is 11.5 Å². The molecule has 1 aromatic carbocycles. The number of nitrogens with zero attached hydrogens (tertiary/aromatic N) is 3. The van der Waals surface area contributed by atoms with E-state index < -0.39 is 11.4 Å². The number of rotatable bonds is 4. The fourth-order valence-electron chi connectivity index (χ4n) is 4.10. The molecule has 5 nitrogen and oxygen atoms in total. The highest BCUT2D eigenvalue weighted by Gasteiger charge is 2.49. The maximum absolute atomic E-state index is 13.8. The number of hydrogen-bond donors (Lipinski definition) is 1. The lowest BCUT2D eigenvalue weighted by Crippen LogP contribution is -2.55. The van der Waals surface area contributed by atoms with Crippen LogP contribution in [0.25, 0.3) is 0 Å². The first kappa shape index (κ1) is 20.4. The van der Waals surface area contributed by atoms with Crippen LogP contribution in [0.15, 0.2) is 34.2 Å². The summed E-state index contributed by atoms with van der Waals surface area (Å²) in [5.74, 6) is -0.570. The van der Waals surface area contributed by atoms with Crippen molar-refractivity contribution < 1.29 is 9.18 Å². The second-order valence-electron chi connectivity index (χ2n) is 7.45. The quantitative estimate of drug-likeness (QED) is 0.834. The third-order valence-corrected chi connectivity index (χ3v) is 7.55. The molecule has 7 heteroatoms. The lowest BCUT2D eigenvalue weighted by Gasteiger charge is -2.40. The zero-order valence-corrected chi connectivity index (χ0v) is 17.4. The zero-order chi connectivity index (χ0) is 20.6. The van der Waals surface area contributed by atoms with E-state index in [-0.39, 0.29) is 34.5 Å². The molecule has 0 saturated heterocycles. The summed E-state index contributed by atoms with van der Waals surface area (Å²) in [5, 5.41) is 9.40. The van der Waals surface area contributed by atoms with Crippen LogP contribution in [0.3, 0.4) is 0 Å². The van der Waals surface area contributed by atoms with Crippen molar-refractivity contribution in [2.45, 2.75) is 50.3 Å². The number of carbonyl (C=O) groups is 1. The summed E-state index contributed by atoms with van der Waals surface area (Å²) in [5.41, 5.74) is 6.27. The summed E-state index contributed by atoms with van der Waals surface area (Å²) in [6.45, 7) is 6.06. The van der Waals surface area contributed by atoms with Gasteiger partial charge in [-0.1, -0.05) is 26.0 Å². The van der Waals surface area contributed by atoms with Crippen LogP contribution in [0.1, 0.15) is 50.7 Å². The number of allylic oxidation sites excluding steroid dienone is 1. The van der Waals surface area contributed by atoms with E-state index in [2.05, 4.69) is 13.0 Å². The van der Waals surface area contributed by atoms with E-state index in [0.29, 0.717) is 6.42 Å². The molecular weight excluding hydrogens is 375 g/mol. The van der Waals surface area contributed by atoms with Gasteiger partial charge in [0, 0.05) is 23.1 Å². The zero-order valence-electron chi connectivity index (χ0n) is 16.6. The van der Waals surface area contributed by atoms with Gasteiger partial charge in [0.15, 0.2) is 5.96 Å². The Balaban J connectivity index is 2.06. The first-order valence-corrected chi connectivity index (χ1v) is 10.4. The van der Waals surface area contributed by atoms with E-state index in [1.165, 1.54) is 11.0 Å². The number of aliphatic imine (C=N–C) groups is 1. The first-order valence-electron chi connectivity index (χ1n) is 9.48. The summed E-state index contributed by atoms with van der Waals surface area (Å²) in [6.07, 6.45) is 3.69. The molecule has 0 radical (unpaired) electrons. The molecule has 0 aliphatic carbocycles.